The number of allylic oxidation sites excluding steroid dienone is 1. The molecule has 4 aromatic carbocycles. The average Bonchev–Trinajstić information content (AvgIpc) is 3.51. The van der Waals surface area contributed by atoms with Gasteiger partial charge in [0.25, 0.3) is 0 Å². The fourth-order valence-electron chi connectivity index (χ4n) is 5.14. The van der Waals surface area contributed by atoms with Gasteiger partial charge in [-0.15, -0.1) is 0 Å². The molecule has 7 nitrogen and oxygen atoms in total. The third kappa shape index (κ3) is 9.49. The van der Waals surface area contributed by atoms with Gasteiger partial charge in [0, 0.05) is 11.1 Å². The Hall–Kier alpha value is -5.59. The second-order valence-electron chi connectivity index (χ2n) is 11.2. The number of carbonyl (C=O) groups is 1. The van der Waals surface area contributed by atoms with E-state index in [9.17, 15) is 41.0 Å². The van der Waals surface area contributed by atoms with E-state index in [-0.39, 0.29) is 34.7 Å². The molecule has 0 fully saturated rings. The summed E-state index contributed by atoms with van der Waals surface area (Å²) in [5.41, 5.74) is 0.141. The molecule has 1 atom stereocenters. The van der Waals surface area contributed by atoms with E-state index >= 15 is 0 Å². The van der Waals surface area contributed by atoms with Gasteiger partial charge in [0.05, 0.1) is 16.7 Å². The zero-order chi connectivity index (χ0) is 35.2. The number of carboxylic acid groups (broad SMARTS) is 1. The van der Waals surface area contributed by atoms with Gasteiger partial charge in [-0.25, -0.2) is 9.59 Å². The number of aromatic carboxylic acids is 1. The highest BCUT2D eigenvalue weighted by atomic mass is 19.4. The lowest BCUT2D eigenvalue weighted by Gasteiger charge is -2.16. The Labute approximate surface area is 275 Å². The Bertz CT molecular complexity index is 1950. The number of benzene rings is 4. The Kier molecular flexibility index (Phi) is 10.4. The van der Waals surface area contributed by atoms with Crippen LogP contribution in [0.2, 0.25) is 0 Å². The molecule has 1 unspecified atom stereocenters. The summed E-state index contributed by atoms with van der Waals surface area (Å²) >= 11 is 0. The van der Waals surface area contributed by atoms with E-state index < -0.39 is 41.8 Å². The number of hydrogen-bond acceptors (Lipinski definition) is 5. The van der Waals surface area contributed by atoms with Crippen LogP contribution in [0, 0.1) is 5.92 Å². The Balaban J connectivity index is 1.36. The zero-order valence-electron chi connectivity index (χ0n) is 25.5. The smallest absolute Gasteiger partial charge is 0.439 e. The normalized spacial score (nSPS) is 12.7. The highest BCUT2D eigenvalue weighted by Crippen LogP contribution is 2.37. The van der Waals surface area contributed by atoms with Crippen molar-refractivity contribution in [2.45, 2.75) is 38.2 Å². The molecule has 1 heterocycles. The van der Waals surface area contributed by atoms with Crippen molar-refractivity contribution in [3.05, 3.63) is 147 Å². The summed E-state index contributed by atoms with van der Waals surface area (Å²) in [6, 6.07) is 21.9. The van der Waals surface area contributed by atoms with Crippen LogP contribution in [-0.4, -0.2) is 21.2 Å². The highest BCUT2D eigenvalue weighted by Gasteiger charge is 2.37. The maximum absolute atomic E-state index is 13.4. The first-order valence-electron chi connectivity index (χ1n) is 14.9. The topological polar surface area (TPSA) is 105 Å². The molecule has 5 rings (SSSR count). The quantitative estimate of drug-likeness (QED) is 0.127. The summed E-state index contributed by atoms with van der Waals surface area (Å²) in [5.74, 6) is -1.22. The number of nitrogens with one attached hydrogen (secondary N) is 1. The van der Waals surface area contributed by atoms with Crippen LogP contribution in [0.4, 0.5) is 26.3 Å². The minimum absolute atomic E-state index is 0.0669. The lowest BCUT2D eigenvalue weighted by molar-refractivity contribution is -0.143. The number of halogens is 6. The van der Waals surface area contributed by atoms with Gasteiger partial charge in [-0.1, -0.05) is 71.9 Å². The van der Waals surface area contributed by atoms with Crippen LogP contribution in [-0.2, 0) is 31.8 Å². The summed E-state index contributed by atoms with van der Waals surface area (Å²) in [5, 5.41) is 12.9. The number of nitrogens with zero attached hydrogens (tertiary/aromatic N) is 1. The number of carboxylic acids is 1. The molecule has 0 saturated carbocycles. The lowest BCUT2D eigenvalue weighted by Crippen LogP contribution is -2.12. The van der Waals surface area contributed by atoms with E-state index in [1.807, 2.05) is 18.2 Å². The van der Waals surface area contributed by atoms with Crippen molar-refractivity contribution in [3.63, 3.8) is 0 Å². The van der Waals surface area contributed by atoms with Gasteiger partial charge >= 0.3 is 24.1 Å². The van der Waals surface area contributed by atoms with Crippen molar-refractivity contribution < 1.29 is 45.5 Å². The molecule has 0 spiro atoms. The van der Waals surface area contributed by atoms with Gasteiger partial charge in [-0.3, -0.25) is 9.51 Å². The van der Waals surface area contributed by atoms with Crippen LogP contribution >= 0.6 is 0 Å². The maximum Gasteiger partial charge on any atom is 0.439 e. The van der Waals surface area contributed by atoms with Gasteiger partial charge in [0.15, 0.2) is 5.82 Å². The molecule has 13 heteroatoms. The molecule has 1 aromatic heterocycles. The molecule has 49 heavy (non-hydrogen) atoms. The fourth-order valence-corrected chi connectivity index (χ4v) is 5.14. The second-order valence-corrected chi connectivity index (χ2v) is 11.2. The van der Waals surface area contributed by atoms with Crippen LogP contribution in [0.5, 0.6) is 5.75 Å². The number of ether oxygens (including phenoxy) is 1. The standard InChI is InChI=1S/C36H28F6N2O5/c37-35(38,39)29-18-25(19-30(20-29)36(40,41)42)21-48-31-4-2-1-3-26(31)12-9-23(6-5-22-7-15-28(16-8-22)33(45)46)17-24-10-13-27(14-11-24)32-43-34(47)49-44-32/h1-4,7-16,18-20,23H,5-6,17,21H2,(H,45,46)(H,43,44,47). The number of para-hydroxylation sites is 1. The Morgan fingerprint density at radius 2 is 1.49 bits per heavy atom. The van der Waals surface area contributed by atoms with E-state index in [2.05, 4.69) is 14.7 Å². The zero-order valence-corrected chi connectivity index (χ0v) is 25.5. The van der Waals surface area contributed by atoms with Crippen LogP contribution in [0.15, 0.2) is 106 Å². The summed E-state index contributed by atoms with van der Waals surface area (Å²) in [6.45, 7) is -0.531. The maximum atomic E-state index is 13.4. The van der Waals surface area contributed by atoms with Crippen LogP contribution in [0.25, 0.3) is 17.5 Å². The van der Waals surface area contributed by atoms with Crippen molar-refractivity contribution in [2.75, 3.05) is 0 Å². The second kappa shape index (κ2) is 14.7. The molecule has 0 aliphatic rings. The first-order chi connectivity index (χ1) is 23.2. The van der Waals surface area contributed by atoms with E-state index in [1.165, 1.54) is 12.1 Å². The summed E-state index contributed by atoms with van der Waals surface area (Å²) in [4.78, 5) is 25.1. The number of aryl methyl sites for hydroxylation is 1. The van der Waals surface area contributed by atoms with Crippen molar-refractivity contribution in [1.29, 1.82) is 0 Å². The Morgan fingerprint density at radius 1 is 0.857 bits per heavy atom. The molecule has 0 saturated heterocycles. The summed E-state index contributed by atoms with van der Waals surface area (Å²) in [7, 11) is 0. The predicted octanol–water partition coefficient (Wildman–Crippen LogP) is 8.85. The van der Waals surface area contributed by atoms with Gasteiger partial charge in [0.1, 0.15) is 12.4 Å². The molecule has 254 valence electrons. The minimum Gasteiger partial charge on any atom is -0.488 e. The van der Waals surface area contributed by atoms with Crippen molar-refractivity contribution >= 4 is 12.0 Å². The van der Waals surface area contributed by atoms with Crippen LogP contribution in [0.3, 0.4) is 0 Å². The number of rotatable bonds is 12. The van der Waals surface area contributed by atoms with Gasteiger partial charge in [-0.05, 0) is 78.3 Å². The lowest BCUT2D eigenvalue weighted by atomic mass is 9.91. The van der Waals surface area contributed by atoms with E-state index in [1.54, 1.807) is 54.6 Å². The molecule has 0 bridgehead atoms. The molecular formula is C36H28F6N2O5. The molecule has 0 aliphatic heterocycles. The molecule has 0 aliphatic carbocycles. The fraction of sp³-hybridized carbons (Fsp3) is 0.194. The number of H-pyrrole nitrogens is 1. The first-order valence-corrected chi connectivity index (χ1v) is 14.9. The number of aromatic nitrogens is 2. The van der Waals surface area contributed by atoms with E-state index in [0.717, 1.165) is 11.1 Å². The number of hydrogen-bond donors (Lipinski definition) is 2. The molecule has 0 amide bonds. The first kappa shape index (κ1) is 34.7. The average molecular weight is 683 g/mol. The number of aromatic amines is 1. The predicted molar refractivity (Wildman–Crippen MR) is 168 cm³/mol. The van der Waals surface area contributed by atoms with Gasteiger partial charge in [-0.2, -0.15) is 26.3 Å². The number of alkyl halides is 6. The van der Waals surface area contributed by atoms with E-state index in [0.29, 0.717) is 42.5 Å². The van der Waals surface area contributed by atoms with Crippen molar-refractivity contribution in [3.8, 4) is 17.1 Å². The molecule has 0 radical (unpaired) electrons. The minimum atomic E-state index is -4.97. The largest absolute Gasteiger partial charge is 0.488 e. The third-order valence-corrected chi connectivity index (χ3v) is 7.68. The van der Waals surface area contributed by atoms with Gasteiger partial charge in [0.2, 0.25) is 0 Å². The van der Waals surface area contributed by atoms with Crippen LogP contribution in [0.1, 0.15) is 50.2 Å². The summed E-state index contributed by atoms with van der Waals surface area (Å²) < 4.78 is 90.4. The highest BCUT2D eigenvalue weighted by molar-refractivity contribution is 5.87. The van der Waals surface area contributed by atoms with Crippen LogP contribution < -0.4 is 10.5 Å². The molecule has 2 N–H and O–H groups in total. The monoisotopic (exact) mass is 682 g/mol. The van der Waals surface area contributed by atoms with Gasteiger partial charge < -0.3 is 9.84 Å². The van der Waals surface area contributed by atoms with Crippen molar-refractivity contribution in [1.82, 2.24) is 10.1 Å². The Morgan fingerprint density at radius 3 is 2.08 bits per heavy atom. The SMILES string of the molecule is O=C(O)c1ccc(CCC(C=Cc2ccccc2OCc2cc(C(F)(F)F)cc(C(F)(F)F)c2)Cc2ccc(-c3noc(=O)[nH]3)cc2)cc1. The molecule has 5 aromatic rings. The molecular weight excluding hydrogens is 654 g/mol. The summed E-state index contributed by atoms with van der Waals surface area (Å²) in [6.07, 6.45) is -4.37. The van der Waals surface area contributed by atoms with Crippen molar-refractivity contribution in [2.24, 2.45) is 5.92 Å². The third-order valence-electron chi connectivity index (χ3n) is 7.68. The van der Waals surface area contributed by atoms with E-state index in [4.69, 9.17) is 4.74 Å².